The second-order valence-corrected chi connectivity index (χ2v) is 3.69. The number of benzene rings is 1. The van der Waals surface area contributed by atoms with Crippen LogP contribution in [0.3, 0.4) is 0 Å². The molecule has 1 aromatic heterocycles. The van der Waals surface area contributed by atoms with Gasteiger partial charge in [0.15, 0.2) is 0 Å². The number of aromatic nitrogens is 1. The van der Waals surface area contributed by atoms with Crippen molar-refractivity contribution in [3.63, 3.8) is 0 Å². The first-order chi connectivity index (χ1) is 7.81. The smallest absolute Gasteiger partial charge is 0.145 e. The molecule has 3 nitrogen and oxygen atoms in total. The number of rotatable bonds is 4. The summed E-state index contributed by atoms with van der Waals surface area (Å²) in [5.41, 5.74) is 0.897. The van der Waals surface area contributed by atoms with Gasteiger partial charge in [-0.25, -0.2) is 0 Å². The highest BCUT2D eigenvalue weighted by Gasteiger charge is 2.05. The molecule has 3 heteroatoms. The van der Waals surface area contributed by atoms with Gasteiger partial charge in [-0.2, -0.15) is 0 Å². The van der Waals surface area contributed by atoms with Gasteiger partial charge in [0.05, 0.1) is 6.10 Å². The van der Waals surface area contributed by atoms with Crippen molar-refractivity contribution in [2.75, 3.05) is 13.7 Å². The summed E-state index contributed by atoms with van der Waals surface area (Å²) in [5, 5.41) is 1.09. The Labute approximate surface area is 95.0 Å². The van der Waals surface area contributed by atoms with Crippen LogP contribution < -0.4 is 4.74 Å². The quantitative estimate of drug-likeness (QED) is 0.789. The van der Waals surface area contributed by atoms with Crippen LogP contribution in [0, 0.1) is 0 Å². The first kappa shape index (κ1) is 10.9. The van der Waals surface area contributed by atoms with Crippen molar-refractivity contribution in [2.24, 2.45) is 0 Å². The van der Waals surface area contributed by atoms with Gasteiger partial charge in [0.2, 0.25) is 0 Å². The molecule has 0 radical (unpaired) electrons. The largest absolute Gasteiger partial charge is 0.489 e. The molecule has 1 aromatic carbocycles. The fourth-order valence-electron chi connectivity index (χ4n) is 1.47. The molecule has 2 aromatic rings. The van der Waals surface area contributed by atoms with Crippen LogP contribution in [0.25, 0.3) is 10.9 Å². The van der Waals surface area contributed by atoms with E-state index in [0.29, 0.717) is 6.61 Å². The second kappa shape index (κ2) is 4.94. The summed E-state index contributed by atoms with van der Waals surface area (Å²) in [6.07, 6.45) is 1.86. The zero-order valence-corrected chi connectivity index (χ0v) is 9.51. The topological polar surface area (TPSA) is 31.4 Å². The van der Waals surface area contributed by atoms with Crippen LogP contribution in [-0.2, 0) is 4.74 Å². The van der Waals surface area contributed by atoms with E-state index in [-0.39, 0.29) is 6.10 Å². The third-order valence-corrected chi connectivity index (χ3v) is 2.47. The lowest BCUT2D eigenvalue weighted by atomic mass is 10.2. The molecule has 0 bridgehead atoms. The van der Waals surface area contributed by atoms with Gasteiger partial charge in [-0.15, -0.1) is 0 Å². The molecule has 0 saturated heterocycles. The molecule has 1 heterocycles. The van der Waals surface area contributed by atoms with Crippen LogP contribution in [0.2, 0.25) is 0 Å². The van der Waals surface area contributed by atoms with Crippen molar-refractivity contribution in [1.29, 1.82) is 0 Å². The van der Waals surface area contributed by atoms with Gasteiger partial charge in [0.1, 0.15) is 17.9 Å². The van der Waals surface area contributed by atoms with Gasteiger partial charge in [0, 0.05) is 18.7 Å². The number of nitrogens with zero attached hydrogens (tertiary/aromatic N) is 1. The lowest BCUT2D eigenvalue weighted by Crippen LogP contribution is -2.16. The summed E-state index contributed by atoms with van der Waals surface area (Å²) in [4.78, 5) is 4.32. The predicted molar refractivity (Wildman–Crippen MR) is 63.7 cm³/mol. The fraction of sp³-hybridized carbons (Fsp3) is 0.308. The molecule has 0 aliphatic rings. The van der Waals surface area contributed by atoms with Gasteiger partial charge in [-0.3, -0.25) is 4.98 Å². The molecular weight excluding hydrogens is 202 g/mol. The average Bonchev–Trinajstić information content (AvgIpc) is 2.35. The Balaban J connectivity index is 2.23. The molecule has 0 unspecified atom stereocenters. The fourth-order valence-corrected chi connectivity index (χ4v) is 1.47. The van der Waals surface area contributed by atoms with Crippen LogP contribution >= 0.6 is 0 Å². The molecule has 0 fully saturated rings. The Kier molecular flexibility index (Phi) is 3.37. The van der Waals surface area contributed by atoms with Crippen molar-refractivity contribution in [2.45, 2.75) is 13.0 Å². The molecule has 2 rings (SSSR count). The Bertz CT molecular complexity index is 465. The van der Waals surface area contributed by atoms with Crippen molar-refractivity contribution in [3.8, 4) is 5.75 Å². The van der Waals surface area contributed by atoms with Gasteiger partial charge < -0.3 is 9.47 Å². The highest BCUT2D eigenvalue weighted by atomic mass is 16.5. The molecule has 0 spiro atoms. The monoisotopic (exact) mass is 217 g/mol. The number of hydrogen-bond acceptors (Lipinski definition) is 3. The molecule has 84 valence electrons. The van der Waals surface area contributed by atoms with E-state index in [4.69, 9.17) is 9.47 Å². The summed E-state index contributed by atoms with van der Waals surface area (Å²) in [6.45, 7) is 2.50. The normalized spacial score (nSPS) is 12.6. The Morgan fingerprint density at radius 3 is 2.88 bits per heavy atom. The maximum Gasteiger partial charge on any atom is 0.145 e. The SMILES string of the molecule is CO[C@H](C)COc1cccc2cccnc12. The zero-order valence-electron chi connectivity index (χ0n) is 9.51. The van der Waals surface area contributed by atoms with Crippen LogP contribution in [0.15, 0.2) is 36.5 Å². The number of hydrogen-bond donors (Lipinski definition) is 0. The standard InChI is InChI=1S/C13H15NO2/c1-10(15-2)9-16-12-7-3-5-11-6-4-8-14-13(11)12/h3-8,10H,9H2,1-2H3/t10-/m1/s1. The Morgan fingerprint density at radius 2 is 2.06 bits per heavy atom. The van der Waals surface area contributed by atoms with E-state index in [1.54, 1.807) is 13.3 Å². The lowest BCUT2D eigenvalue weighted by Gasteiger charge is -2.12. The van der Waals surface area contributed by atoms with Crippen molar-refractivity contribution >= 4 is 10.9 Å². The highest BCUT2D eigenvalue weighted by Crippen LogP contribution is 2.22. The van der Waals surface area contributed by atoms with E-state index >= 15 is 0 Å². The number of methoxy groups -OCH3 is 1. The molecule has 0 amide bonds. The van der Waals surface area contributed by atoms with E-state index in [1.165, 1.54) is 0 Å². The minimum absolute atomic E-state index is 0.0824. The summed E-state index contributed by atoms with van der Waals surface area (Å²) < 4.78 is 10.8. The van der Waals surface area contributed by atoms with Gasteiger partial charge in [-0.1, -0.05) is 18.2 Å². The molecule has 16 heavy (non-hydrogen) atoms. The Morgan fingerprint density at radius 1 is 1.25 bits per heavy atom. The van der Waals surface area contributed by atoms with Gasteiger partial charge in [0.25, 0.3) is 0 Å². The molecular formula is C13H15NO2. The van der Waals surface area contributed by atoms with E-state index in [1.807, 2.05) is 37.3 Å². The van der Waals surface area contributed by atoms with Crippen LogP contribution in [0.1, 0.15) is 6.92 Å². The second-order valence-electron chi connectivity index (χ2n) is 3.69. The van der Waals surface area contributed by atoms with Gasteiger partial charge >= 0.3 is 0 Å². The molecule has 1 atom stereocenters. The maximum atomic E-state index is 5.68. The summed E-state index contributed by atoms with van der Waals surface area (Å²) in [7, 11) is 1.68. The first-order valence-electron chi connectivity index (χ1n) is 5.30. The molecule has 0 aliphatic heterocycles. The van der Waals surface area contributed by atoms with E-state index in [9.17, 15) is 0 Å². The third kappa shape index (κ3) is 2.31. The van der Waals surface area contributed by atoms with Crippen LogP contribution in [0.4, 0.5) is 0 Å². The summed E-state index contributed by atoms with van der Waals surface area (Å²) in [6, 6.07) is 9.86. The number of ether oxygens (including phenoxy) is 2. The van der Waals surface area contributed by atoms with E-state index in [0.717, 1.165) is 16.7 Å². The minimum atomic E-state index is 0.0824. The first-order valence-corrected chi connectivity index (χ1v) is 5.30. The summed E-state index contributed by atoms with van der Waals surface area (Å²) >= 11 is 0. The van der Waals surface area contributed by atoms with Crippen molar-refractivity contribution < 1.29 is 9.47 Å². The van der Waals surface area contributed by atoms with E-state index in [2.05, 4.69) is 4.98 Å². The minimum Gasteiger partial charge on any atom is -0.489 e. The van der Waals surface area contributed by atoms with Crippen molar-refractivity contribution in [1.82, 2.24) is 4.98 Å². The maximum absolute atomic E-state index is 5.68. The number of fused-ring (bicyclic) bond motifs is 1. The van der Waals surface area contributed by atoms with E-state index < -0.39 is 0 Å². The number of pyridine rings is 1. The molecule has 0 N–H and O–H groups in total. The van der Waals surface area contributed by atoms with Crippen LogP contribution in [-0.4, -0.2) is 24.8 Å². The van der Waals surface area contributed by atoms with Gasteiger partial charge in [-0.05, 0) is 19.1 Å². The lowest BCUT2D eigenvalue weighted by molar-refractivity contribution is 0.0722. The summed E-state index contributed by atoms with van der Waals surface area (Å²) in [5.74, 6) is 0.807. The highest BCUT2D eigenvalue weighted by molar-refractivity contribution is 5.84. The predicted octanol–water partition coefficient (Wildman–Crippen LogP) is 2.65. The average molecular weight is 217 g/mol. The Hall–Kier alpha value is -1.61. The zero-order chi connectivity index (χ0) is 11.4. The molecule has 0 saturated carbocycles. The molecule has 0 aliphatic carbocycles. The van der Waals surface area contributed by atoms with Crippen LogP contribution in [0.5, 0.6) is 5.75 Å². The van der Waals surface area contributed by atoms with Crippen molar-refractivity contribution in [3.05, 3.63) is 36.5 Å². The third-order valence-electron chi connectivity index (χ3n) is 2.47. The number of para-hydroxylation sites is 1.